The molecule has 10 heteroatoms. The SMILES string of the molecule is NS(=O)(=O)N1CCC2(CC1)CC2COc1ccnc(OC(F)F)c1. The molecule has 134 valence electrons. The number of pyridine rings is 1. The highest BCUT2D eigenvalue weighted by atomic mass is 32.2. The van der Waals surface area contributed by atoms with Gasteiger partial charge in [-0.15, -0.1) is 0 Å². The van der Waals surface area contributed by atoms with Crippen molar-refractivity contribution in [2.75, 3.05) is 19.7 Å². The molecule has 1 saturated heterocycles. The van der Waals surface area contributed by atoms with Crippen molar-refractivity contribution in [1.82, 2.24) is 9.29 Å². The van der Waals surface area contributed by atoms with Crippen LogP contribution in [0.3, 0.4) is 0 Å². The number of ether oxygens (including phenoxy) is 2. The van der Waals surface area contributed by atoms with Crippen LogP contribution in [-0.2, 0) is 10.2 Å². The Labute approximate surface area is 138 Å². The van der Waals surface area contributed by atoms with Crippen molar-refractivity contribution in [2.24, 2.45) is 16.5 Å². The van der Waals surface area contributed by atoms with Gasteiger partial charge in [0.15, 0.2) is 0 Å². The summed E-state index contributed by atoms with van der Waals surface area (Å²) in [6.45, 7) is -1.62. The zero-order valence-corrected chi connectivity index (χ0v) is 13.7. The lowest BCUT2D eigenvalue weighted by molar-refractivity contribution is -0.0529. The number of rotatable bonds is 6. The molecule has 2 heterocycles. The third-order valence-corrected chi connectivity index (χ3v) is 5.89. The van der Waals surface area contributed by atoms with Gasteiger partial charge in [-0.2, -0.15) is 21.5 Å². The highest BCUT2D eigenvalue weighted by Crippen LogP contribution is 2.59. The molecule has 2 N–H and O–H groups in total. The zero-order valence-electron chi connectivity index (χ0n) is 12.9. The molecule has 2 aliphatic rings. The van der Waals surface area contributed by atoms with Gasteiger partial charge in [-0.25, -0.2) is 10.1 Å². The third-order valence-electron chi connectivity index (χ3n) is 4.80. The Kier molecular flexibility index (Phi) is 4.63. The fourth-order valence-corrected chi connectivity index (χ4v) is 3.99. The molecule has 1 aromatic heterocycles. The molecular weight excluding hydrogens is 344 g/mol. The summed E-state index contributed by atoms with van der Waals surface area (Å²) in [5.74, 6) is 0.562. The lowest BCUT2D eigenvalue weighted by atomic mass is 9.92. The van der Waals surface area contributed by atoms with Crippen molar-refractivity contribution in [3.05, 3.63) is 18.3 Å². The maximum absolute atomic E-state index is 12.2. The summed E-state index contributed by atoms with van der Waals surface area (Å²) in [7, 11) is -3.62. The molecule has 1 unspecified atom stereocenters. The van der Waals surface area contributed by atoms with Gasteiger partial charge in [-0.05, 0) is 36.7 Å². The van der Waals surface area contributed by atoms with Crippen LogP contribution in [-0.4, -0.2) is 44.0 Å². The first-order valence-electron chi connectivity index (χ1n) is 7.60. The van der Waals surface area contributed by atoms with E-state index < -0.39 is 16.8 Å². The molecule has 3 rings (SSSR count). The summed E-state index contributed by atoms with van der Waals surface area (Å²) in [5.41, 5.74) is 0.108. The van der Waals surface area contributed by atoms with Crippen LogP contribution in [0.5, 0.6) is 11.6 Å². The Morgan fingerprint density at radius 3 is 2.75 bits per heavy atom. The summed E-state index contributed by atoms with van der Waals surface area (Å²) in [6, 6.07) is 2.90. The van der Waals surface area contributed by atoms with Crippen LogP contribution in [0.4, 0.5) is 8.78 Å². The molecule has 7 nitrogen and oxygen atoms in total. The molecule has 1 spiro atoms. The van der Waals surface area contributed by atoms with E-state index in [9.17, 15) is 17.2 Å². The number of piperidine rings is 1. The van der Waals surface area contributed by atoms with Gasteiger partial charge < -0.3 is 9.47 Å². The van der Waals surface area contributed by atoms with Crippen molar-refractivity contribution in [1.29, 1.82) is 0 Å². The zero-order chi connectivity index (χ0) is 17.4. The van der Waals surface area contributed by atoms with Crippen molar-refractivity contribution < 1.29 is 26.7 Å². The molecule has 0 amide bonds. The standard InChI is InChI=1S/C14H19F2N3O4S/c15-13(16)23-12-7-11(1-4-18-12)22-9-10-8-14(10)2-5-19(6-3-14)24(17,20)21/h1,4,7,10,13H,2-3,5-6,8-9H2,(H2,17,20,21). The minimum absolute atomic E-state index is 0.108. The van der Waals surface area contributed by atoms with Crippen molar-refractivity contribution in [3.8, 4) is 11.6 Å². The summed E-state index contributed by atoms with van der Waals surface area (Å²) in [6.07, 6.45) is 3.83. The number of alkyl halides is 2. The summed E-state index contributed by atoms with van der Waals surface area (Å²) in [4.78, 5) is 3.68. The first-order valence-corrected chi connectivity index (χ1v) is 9.10. The highest BCUT2D eigenvalue weighted by Gasteiger charge is 2.55. The van der Waals surface area contributed by atoms with E-state index in [4.69, 9.17) is 9.88 Å². The van der Waals surface area contributed by atoms with Crippen molar-refractivity contribution >= 4 is 10.2 Å². The van der Waals surface area contributed by atoms with Crippen LogP contribution < -0.4 is 14.6 Å². The van der Waals surface area contributed by atoms with Crippen molar-refractivity contribution in [2.45, 2.75) is 25.9 Å². The fourth-order valence-electron chi connectivity index (χ4n) is 3.30. The largest absolute Gasteiger partial charge is 0.493 e. The summed E-state index contributed by atoms with van der Waals surface area (Å²) >= 11 is 0. The van der Waals surface area contributed by atoms with E-state index in [1.165, 1.54) is 16.6 Å². The second-order valence-electron chi connectivity index (χ2n) is 6.23. The van der Waals surface area contributed by atoms with Crippen LogP contribution in [0.2, 0.25) is 0 Å². The predicted molar refractivity (Wildman–Crippen MR) is 80.8 cm³/mol. The van der Waals surface area contributed by atoms with E-state index in [0.29, 0.717) is 31.4 Å². The number of aromatic nitrogens is 1. The first kappa shape index (κ1) is 17.3. The molecule has 1 aromatic rings. The smallest absolute Gasteiger partial charge is 0.388 e. The molecule has 24 heavy (non-hydrogen) atoms. The first-order chi connectivity index (χ1) is 11.3. The Morgan fingerprint density at radius 1 is 1.42 bits per heavy atom. The van der Waals surface area contributed by atoms with Crippen molar-refractivity contribution in [3.63, 3.8) is 0 Å². The van der Waals surface area contributed by atoms with E-state index >= 15 is 0 Å². The molecule has 1 aliphatic carbocycles. The lowest BCUT2D eigenvalue weighted by Crippen LogP contribution is -2.43. The molecule has 1 aliphatic heterocycles. The summed E-state index contributed by atoms with van der Waals surface area (Å²) < 4.78 is 58.2. The van der Waals surface area contributed by atoms with E-state index in [1.54, 1.807) is 6.07 Å². The topological polar surface area (TPSA) is 94.8 Å². The second-order valence-corrected chi connectivity index (χ2v) is 7.77. The quantitative estimate of drug-likeness (QED) is 0.824. The number of nitrogens with two attached hydrogens (primary N) is 1. The van der Waals surface area contributed by atoms with E-state index in [2.05, 4.69) is 9.72 Å². The highest BCUT2D eigenvalue weighted by molar-refractivity contribution is 7.86. The average Bonchev–Trinajstić information content (AvgIpc) is 3.16. The predicted octanol–water partition coefficient (Wildman–Crippen LogP) is 1.37. The van der Waals surface area contributed by atoms with E-state index in [-0.39, 0.29) is 11.3 Å². The van der Waals surface area contributed by atoms with Crippen LogP contribution in [0.15, 0.2) is 18.3 Å². The molecule has 0 bridgehead atoms. The Bertz CT molecular complexity index is 693. The normalized spacial score (nSPS) is 23.4. The second kappa shape index (κ2) is 6.41. The van der Waals surface area contributed by atoms with Crippen LogP contribution >= 0.6 is 0 Å². The Morgan fingerprint density at radius 2 is 2.12 bits per heavy atom. The van der Waals surface area contributed by atoms with E-state index in [1.807, 2.05) is 0 Å². The molecule has 0 radical (unpaired) electrons. The maximum Gasteiger partial charge on any atom is 0.388 e. The molecule has 1 saturated carbocycles. The van der Waals surface area contributed by atoms with Gasteiger partial charge in [-0.3, -0.25) is 0 Å². The maximum atomic E-state index is 12.2. The number of hydrogen-bond acceptors (Lipinski definition) is 5. The van der Waals surface area contributed by atoms with Gasteiger partial charge in [0.1, 0.15) is 5.75 Å². The van der Waals surface area contributed by atoms with Gasteiger partial charge in [0.05, 0.1) is 6.61 Å². The Hall–Kier alpha value is -1.52. The van der Waals surface area contributed by atoms with Gasteiger partial charge in [-0.1, -0.05) is 0 Å². The summed E-state index contributed by atoms with van der Waals surface area (Å²) in [5, 5.41) is 5.14. The lowest BCUT2D eigenvalue weighted by Gasteiger charge is -2.30. The van der Waals surface area contributed by atoms with Gasteiger partial charge in [0.2, 0.25) is 5.88 Å². The van der Waals surface area contributed by atoms with Gasteiger partial charge in [0.25, 0.3) is 10.2 Å². The molecular formula is C14H19F2N3O4S. The fraction of sp³-hybridized carbons (Fsp3) is 0.643. The minimum atomic E-state index is -3.62. The average molecular weight is 363 g/mol. The van der Waals surface area contributed by atoms with Crippen LogP contribution in [0, 0.1) is 11.3 Å². The molecule has 1 atom stereocenters. The third kappa shape index (κ3) is 3.93. The van der Waals surface area contributed by atoms with Gasteiger partial charge in [0, 0.05) is 25.4 Å². The van der Waals surface area contributed by atoms with Gasteiger partial charge >= 0.3 is 6.61 Å². The molecule has 2 fully saturated rings. The number of hydrogen-bond donors (Lipinski definition) is 1. The Balaban J connectivity index is 1.50. The van der Waals surface area contributed by atoms with E-state index in [0.717, 1.165) is 19.3 Å². The van der Waals surface area contributed by atoms with Crippen LogP contribution in [0.25, 0.3) is 0 Å². The molecule has 0 aromatic carbocycles. The number of halogens is 2. The monoisotopic (exact) mass is 363 g/mol. The number of nitrogens with zero attached hydrogens (tertiary/aromatic N) is 2. The van der Waals surface area contributed by atoms with Crippen LogP contribution in [0.1, 0.15) is 19.3 Å². The minimum Gasteiger partial charge on any atom is -0.493 e.